The van der Waals surface area contributed by atoms with E-state index in [-0.39, 0.29) is 0 Å². The highest BCUT2D eigenvalue weighted by atomic mass is 79.9. The largest absolute Gasteiger partial charge is 0.377 e. The average molecular weight is 524 g/mol. The second-order valence-corrected chi connectivity index (χ2v) is 8.91. The van der Waals surface area contributed by atoms with Crippen molar-refractivity contribution in [2.45, 2.75) is 11.2 Å². The average Bonchev–Trinajstić information content (AvgIpc) is 2.80. The molecule has 0 bridgehead atoms. The molecule has 0 amide bonds. The molecule has 4 rings (SSSR count). The van der Waals surface area contributed by atoms with Crippen LogP contribution < -0.4 is 0 Å². The Bertz CT molecular complexity index is 1130. The van der Waals surface area contributed by atoms with Crippen LogP contribution in [0.1, 0.15) is 22.3 Å². The summed E-state index contributed by atoms with van der Waals surface area (Å²) in [6.07, 6.45) is 0. The molecular formula is C26H20Br2O2. The van der Waals surface area contributed by atoms with Crippen molar-refractivity contribution in [1.82, 2.24) is 0 Å². The molecule has 30 heavy (non-hydrogen) atoms. The Morgan fingerprint density at radius 1 is 0.467 bits per heavy atom. The summed E-state index contributed by atoms with van der Waals surface area (Å²) < 4.78 is 1.61. The highest BCUT2D eigenvalue weighted by Gasteiger charge is 2.54. The third kappa shape index (κ3) is 3.44. The van der Waals surface area contributed by atoms with Crippen molar-refractivity contribution in [2.75, 3.05) is 0 Å². The van der Waals surface area contributed by atoms with E-state index in [9.17, 15) is 10.2 Å². The Balaban J connectivity index is 2.12. The van der Waals surface area contributed by atoms with E-state index in [0.29, 0.717) is 26.7 Å². The van der Waals surface area contributed by atoms with Crippen LogP contribution in [0.2, 0.25) is 0 Å². The standard InChI is InChI=1S/C26H20Br2O2/c27-22-17-15-21(16-18-22)25(29,19-9-3-1-4-10-19)26(30,20-11-5-2-6-12-20)23-13-7-8-14-24(23)28/h1-18,29-30H. The van der Waals surface area contributed by atoms with Crippen LogP contribution in [0.25, 0.3) is 0 Å². The molecule has 2 nitrogen and oxygen atoms in total. The van der Waals surface area contributed by atoms with Crippen LogP contribution in [0.15, 0.2) is 118 Å². The summed E-state index contributed by atoms with van der Waals surface area (Å²) in [5.41, 5.74) is -1.20. The lowest BCUT2D eigenvalue weighted by Gasteiger charge is -2.45. The second-order valence-electron chi connectivity index (χ2n) is 7.14. The number of hydrogen-bond acceptors (Lipinski definition) is 2. The molecule has 0 saturated carbocycles. The molecule has 0 spiro atoms. The fraction of sp³-hybridized carbons (Fsp3) is 0.0769. The molecule has 0 aliphatic rings. The van der Waals surface area contributed by atoms with Gasteiger partial charge in [0.1, 0.15) is 0 Å². The first-order valence-corrected chi connectivity index (χ1v) is 11.1. The molecular weight excluding hydrogens is 504 g/mol. The molecule has 0 aliphatic heterocycles. The van der Waals surface area contributed by atoms with E-state index in [2.05, 4.69) is 31.9 Å². The topological polar surface area (TPSA) is 40.5 Å². The van der Waals surface area contributed by atoms with Crippen LogP contribution >= 0.6 is 31.9 Å². The molecule has 4 heteroatoms. The lowest BCUT2D eigenvalue weighted by molar-refractivity contribution is -0.113. The van der Waals surface area contributed by atoms with Gasteiger partial charge >= 0.3 is 0 Å². The predicted octanol–water partition coefficient (Wildman–Crippen LogP) is 6.38. The van der Waals surface area contributed by atoms with Crippen LogP contribution in [0.4, 0.5) is 0 Å². The van der Waals surface area contributed by atoms with Gasteiger partial charge in [-0.2, -0.15) is 0 Å². The monoisotopic (exact) mass is 522 g/mol. The Kier molecular flexibility index (Phi) is 5.94. The second kappa shape index (κ2) is 8.48. The SMILES string of the molecule is OC(c1ccccc1)(c1ccc(Br)cc1)C(O)(c1ccccc1)c1ccccc1Br. The van der Waals surface area contributed by atoms with Crippen molar-refractivity contribution < 1.29 is 10.2 Å². The van der Waals surface area contributed by atoms with Gasteiger partial charge in [0.25, 0.3) is 0 Å². The fourth-order valence-corrected chi connectivity index (χ4v) is 4.78. The molecule has 2 atom stereocenters. The summed E-state index contributed by atoms with van der Waals surface area (Å²) >= 11 is 7.07. The highest BCUT2D eigenvalue weighted by Crippen LogP contribution is 2.51. The minimum atomic E-state index is -1.77. The molecule has 0 heterocycles. The van der Waals surface area contributed by atoms with Gasteiger partial charge in [-0.05, 0) is 34.9 Å². The van der Waals surface area contributed by atoms with Crippen molar-refractivity contribution in [1.29, 1.82) is 0 Å². The first kappa shape index (κ1) is 21.0. The third-order valence-corrected chi connectivity index (χ3v) is 6.65. The smallest absolute Gasteiger partial charge is 0.153 e. The van der Waals surface area contributed by atoms with Crippen LogP contribution in [-0.4, -0.2) is 10.2 Å². The maximum absolute atomic E-state index is 12.5. The number of benzene rings is 4. The molecule has 0 fully saturated rings. The van der Waals surface area contributed by atoms with Crippen LogP contribution in [0, 0.1) is 0 Å². The molecule has 4 aromatic carbocycles. The number of aliphatic hydroxyl groups is 2. The van der Waals surface area contributed by atoms with Gasteiger partial charge in [0.15, 0.2) is 11.2 Å². The minimum absolute atomic E-state index is 0.575. The van der Waals surface area contributed by atoms with E-state index in [1.54, 1.807) is 0 Å². The first-order chi connectivity index (χ1) is 14.5. The van der Waals surface area contributed by atoms with Crippen molar-refractivity contribution in [3.63, 3.8) is 0 Å². The fourth-order valence-electron chi connectivity index (χ4n) is 3.95. The molecule has 4 aromatic rings. The number of hydrogen-bond donors (Lipinski definition) is 2. The third-order valence-electron chi connectivity index (χ3n) is 5.43. The maximum atomic E-state index is 12.5. The van der Waals surface area contributed by atoms with Crippen LogP contribution in [0.3, 0.4) is 0 Å². The zero-order valence-corrected chi connectivity index (χ0v) is 19.2. The molecule has 2 N–H and O–H groups in total. The molecule has 0 aliphatic carbocycles. The summed E-state index contributed by atoms with van der Waals surface area (Å²) in [6.45, 7) is 0. The van der Waals surface area contributed by atoms with Crippen molar-refractivity contribution in [3.05, 3.63) is 140 Å². The summed E-state index contributed by atoms with van der Waals surface area (Å²) in [5, 5.41) is 25.0. The molecule has 0 aromatic heterocycles. The molecule has 150 valence electrons. The Hall–Kier alpha value is -2.24. The zero-order chi connectivity index (χ0) is 21.2. The van der Waals surface area contributed by atoms with Gasteiger partial charge in [0, 0.05) is 14.5 Å². The quantitative estimate of drug-likeness (QED) is 0.318. The van der Waals surface area contributed by atoms with E-state index in [4.69, 9.17) is 0 Å². The van der Waals surface area contributed by atoms with E-state index in [1.807, 2.05) is 109 Å². The van der Waals surface area contributed by atoms with Gasteiger partial charge in [0.2, 0.25) is 0 Å². The van der Waals surface area contributed by atoms with Gasteiger partial charge in [0.05, 0.1) is 0 Å². The van der Waals surface area contributed by atoms with Crippen LogP contribution in [-0.2, 0) is 11.2 Å². The van der Waals surface area contributed by atoms with E-state index < -0.39 is 11.2 Å². The van der Waals surface area contributed by atoms with Crippen molar-refractivity contribution in [3.8, 4) is 0 Å². The lowest BCUT2D eigenvalue weighted by Crippen LogP contribution is -2.51. The zero-order valence-electron chi connectivity index (χ0n) is 16.0. The van der Waals surface area contributed by atoms with E-state index >= 15 is 0 Å². The highest BCUT2D eigenvalue weighted by molar-refractivity contribution is 9.10. The summed E-state index contributed by atoms with van der Waals surface area (Å²) in [4.78, 5) is 0. The first-order valence-electron chi connectivity index (χ1n) is 9.55. The molecule has 2 unspecified atom stereocenters. The maximum Gasteiger partial charge on any atom is 0.153 e. The summed E-state index contributed by atoms with van der Waals surface area (Å²) in [6, 6.07) is 33.5. The Morgan fingerprint density at radius 3 is 1.43 bits per heavy atom. The van der Waals surface area contributed by atoms with Gasteiger partial charge in [-0.3, -0.25) is 0 Å². The van der Waals surface area contributed by atoms with Gasteiger partial charge in [-0.25, -0.2) is 0 Å². The lowest BCUT2D eigenvalue weighted by atomic mass is 9.66. The predicted molar refractivity (Wildman–Crippen MR) is 127 cm³/mol. The normalized spacial score (nSPS) is 15.2. The Morgan fingerprint density at radius 2 is 0.900 bits per heavy atom. The number of halogens is 2. The van der Waals surface area contributed by atoms with Gasteiger partial charge < -0.3 is 10.2 Å². The summed E-state index contributed by atoms with van der Waals surface area (Å²) in [7, 11) is 0. The number of rotatable bonds is 5. The molecule has 0 radical (unpaired) electrons. The summed E-state index contributed by atoms with van der Waals surface area (Å²) in [5.74, 6) is 0. The van der Waals surface area contributed by atoms with Gasteiger partial charge in [-0.1, -0.05) is 123 Å². The van der Waals surface area contributed by atoms with Crippen molar-refractivity contribution in [2.24, 2.45) is 0 Å². The minimum Gasteiger partial charge on any atom is -0.377 e. The van der Waals surface area contributed by atoms with E-state index in [0.717, 1.165) is 4.47 Å². The van der Waals surface area contributed by atoms with Crippen molar-refractivity contribution >= 4 is 31.9 Å². The van der Waals surface area contributed by atoms with Crippen LogP contribution in [0.5, 0.6) is 0 Å². The molecule has 0 saturated heterocycles. The van der Waals surface area contributed by atoms with E-state index in [1.165, 1.54) is 0 Å². The Labute approximate surface area is 193 Å². The van der Waals surface area contributed by atoms with Gasteiger partial charge in [-0.15, -0.1) is 0 Å².